The Balaban J connectivity index is 2.29. The zero-order chi connectivity index (χ0) is 12.6. The Hall–Kier alpha value is -1.84. The van der Waals surface area contributed by atoms with Gasteiger partial charge in [-0.2, -0.15) is 0 Å². The molecule has 4 heteroatoms. The van der Waals surface area contributed by atoms with Crippen LogP contribution in [0.3, 0.4) is 0 Å². The SMILES string of the molecule is CC(C)CN1Cc2ccc(C(=O)O)cc2C1=O. The van der Waals surface area contributed by atoms with E-state index < -0.39 is 5.97 Å². The first-order chi connectivity index (χ1) is 7.99. The van der Waals surface area contributed by atoms with Gasteiger partial charge in [-0.1, -0.05) is 19.9 Å². The fourth-order valence-corrected chi connectivity index (χ4v) is 2.08. The van der Waals surface area contributed by atoms with Crippen molar-refractivity contribution in [1.82, 2.24) is 4.90 Å². The van der Waals surface area contributed by atoms with Crippen molar-refractivity contribution in [3.63, 3.8) is 0 Å². The van der Waals surface area contributed by atoms with Crippen LogP contribution in [0.15, 0.2) is 18.2 Å². The quantitative estimate of drug-likeness (QED) is 0.868. The van der Waals surface area contributed by atoms with Crippen LogP contribution < -0.4 is 0 Å². The highest BCUT2D eigenvalue weighted by Crippen LogP contribution is 2.24. The van der Waals surface area contributed by atoms with Crippen molar-refractivity contribution in [1.29, 1.82) is 0 Å². The van der Waals surface area contributed by atoms with E-state index >= 15 is 0 Å². The maximum atomic E-state index is 12.0. The zero-order valence-electron chi connectivity index (χ0n) is 9.93. The predicted octanol–water partition coefficient (Wildman–Crippen LogP) is 2.00. The predicted molar refractivity (Wildman–Crippen MR) is 63.0 cm³/mol. The number of aromatic carboxylic acids is 1. The molecule has 1 amide bonds. The highest BCUT2D eigenvalue weighted by atomic mass is 16.4. The van der Waals surface area contributed by atoms with Gasteiger partial charge in [-0.3, -0.25) is 4.79 Å². The summed E-state index contributed by atoms with van der Waals surface area (Å²) in [7, 11) is 0. The molecule has 90 valence electrons. The van der Waals surface area contributed by atoms with E-state index in [4.69, 9.17) is 5.11 Å². The molecule has 0 radical (unpaired) electrons. The van der Waals surface area contributed by atoms with Gasteiger partial charge < -0.3 is 10.0 Å². The van der Waals surface area contributed by atoms with Crippen LogP contribution >= 0.6 is 0 Å². The summed E-state index contributed by atoms with van der Waals surface area (Å²) < 4.78 is 0. The molecule has 1 aromatic rings. The first-order valence-electron chi connectivity index (χ1n) is 5.64. The van der Waals surface area contributed by atoms with Gasteiger partial charge in [0.2, 0.25) is 0 Å². The van der Waals surface area contributed by atoms with Crippen LogP contribution in [0.1, 0.15) is 40.1 Å². The minimum atomic E-state index is -0.997. The third kappa shape index (κ3) is 2.16. The summed E-state index contributed by atoms with van der Waals surface area (Å²) in [6, 6.07) is 4.75. The second-order valence-electron chi connectivity index (χ2n) is 4.76. The van der Waals surface area contributed by atoms with Crippen molar-refractivity contribution in [2.75, 3.05) is 6.54 Å². The Morgan fingerprint density at radius 1 is 1.47 bits per heavy atom. The fourth-order valence-electron chi connectivity index (χ4n) is 2.08. The van der Waals surface area contributed by atoms with Gasteiger partial charge in [0.05, 0.1) is 5.56 Å². The first kappa shape index (κ1) is 11.6. The lowest BCUT2D eigenvalue weighted by Gasteiger charge is -2.17. The summed E-state index contributed by atoms with van der Waals surface area (Å²) in [6.45, 7) is 5.40. The average Bonchev–Trinajstić information content (AvgIpc) is 2.55. The van der Waals surface area contributed by atoms with Crippen LogP contribution in [0.25, 0.3) is 0 Å². The Morgan fingerprint density at radius 2 is 2.18 bits per heavy atom. The largest absolute Gasteiger partial charge is 0.478 e. The molecule has 1 aliphatic rings. The van der Waals surface area contributed by atoms with Crippen LogP contribution in [0, 0.1) is 5.92 Å². The summed E-state index contributed by atoms with van der Waals surface area (Å²) in [6.07, 6.45) is 0. The van der Waals surface area contributed by atoms with Gasteiger partial charge in [-0.25, -0.2) is 4.79 Å². The van der Waals surface area contributed by atoms with Crippen LogP contribution in [-0.4, -0.2) is 28.4 Å². The summed E-state index contributed by atoms with van der Waals surface area (Å²) >= 11 is 0. The first-order valence-corrected chi connectivity index (χ1v) is 5.64. The van der Waals surface area contributed by atoms with Gasteiger partial charge in [0.25, 0.3) is 5.91 Å². The average molecular weight is 233 g/mol. The second kappa shape index (κ2) is 4.20. The van der Waals surface area contributed by atoms with E-state index in [0.717, 1.165) is 5.56 Å². The Kier molecular flexibility index (Phi) is 2.88. The van der Waals surface area contributed by atoms with E-state index in [1.54, 1.807) is 17.0 Å². The third-order valence-electron chi connectivity index (χ3n) is 2.82. The number of hydrogen-bond acceptors (Lipinski definition) is 2. The molecule has 0 saturated heterocycles. The molecule has 0 aromatic heterocycles. The maximum absolute atomic E-state index is 12.0. The van der Waals surface area contributed by atoms with E-state index in [0.29, 0.717) is 24.6 Å². The molecule has 1 aromatic carbocycles. The minimum absolute atomic E-state index is 0.0585. The van der Waals surface area contributed by atoms with Gasteiger partial charge in [-0.15, -0.1) is 0 Å². The van der Waals surface area contributed by atoms with Crippen molar-refractivity contribution < 1.29 is 14.7 Å². The molecule has 2 rings (SSSR count). The Labute approximate surface area is 99.9 Å². The zero-order valence-corrected chi connectivity index (χ0v) is 9.93. The maximum Gasteiger partial charge on any atom is 0.335 e. The van der Waals surface area contributed by atoms with Crippen molar-refractivity contribution in [3.8, 4) is 0 Å². The van der Waals surface area contributed by atoms with Crippen molar-refractivity contribution in [2.45, 2.75) is 20.4 Å². The molecule has 0 spiro atoms. The number of carboxylic acids is 1. The molecule has 1 N–H and O–H groups in total. The van der Waals surface area contributed by atoms with E-state index in [9.17, 15) is 9.59 Å². The third-order valence-corrected chi connectivity index (χ3v) is 2.82. The molecule has 0 bridgehead atoms. The minimum Gasteiger partial charge on any atom is -0.478 e. The number of carboxylic acid groups (broad SMARTS) is 1. The van der Waals surface area contributed by atoms with Gasteiger partial charge >= 0.3 is 5.97 Å². The van der Waals surface area contributed by atoms with E-state index in [1.807, 2.05) is 0 Å². The lowest BCUT2D eigenvalue weighted by molar-refractivity contribution is 0.0697. The summed E-state index contributed by atoms with van der Waals surface area (Å²) in [5, 5.41) is 8.89. The molecule has 0 fully saturated rings. The van der Waals surface area contributed by atoms with Crippen LogP contribution in [0.5, 0.6) is 0 Å². The van der Waals surface area contributed by atoms with Crippen molar-refractivity contribution in [3.05, 3.63) is 34.9 Å². The standard InChI is InChI=1S/C13H15NO3/c1-8(2)6-14-7-10-4-3-9(13(16)17)5-11(10)12(14)15/h3-5,8H,6-7H2,1-2H3,(H,16,17). The molecule has 1 aliphatic heterocycles. The summed E-state index contributed by atoms with van der Waals surface area (Å²) in [5.74, 6) is -0.646. The van der Waals surface area contributed by atoms with E-state index in [1.165, 1.54) is 6.07 Å². The normalized spacial score (nSPS) is 14.3. The molecule has 0 unspecified atom stereocenters. The number of hydrogen-bond donors (Lipinski definition) is 1. The highest BCUT2D eigenvalue weighted by molar-refractivity contribution is 6.00. The van der Waals surface area contributed by atoms with Gasteiger partial charge in [0.1, 0.15) is 0 Å². The van der Waals surface area contributed by atoms with Gasteiger partial charge in [-0.05, 0) is 23.6 Å². The van der Waals surface area contributed by atoms with Crippen LogP contribution in [0.2, 0.25) is 0 Å². The van der Waals surface area contributed by atoms with Crippen LogP contribution in [0.4, 0.5) is 0 Å². The van der Waals surface area contributed by atoms with Crippen molar-refractivity contribution in [2.24, 2.45) is 5.92 Å². The van der Waals surface area contributed by atoms with Crippen LogP contribution in [-0.2, 0) is 6.54 Å². The Bertz CT molecular complexity index is 480. The number of carbonyl (C=O) groups excluding carboxylic acids is 1. The smallest absolute Gasteiger partial charge is 0.335 e. The van der Waals surface area contributed by atoms with Gasteiger partial charge in [0, 0.05) is 18.7 Å². The molecular formula is C13H15NO3. The molecule has 17 heavy (non-hydrogen) atoms. The number of carbonyl (C=O) groups is 2. The second-order valence-corrected chi connectivity index (χ2v) is 4.76. The summed E-state index contributed by atoms with van der Waals surface area (Å²) in [5.41, 5.74) is 1.62. The van der Waals surface area contributed by atoms with E-state index in [-0.39, 0.29) is 11.5 Å². The van der Waals surface area contributed by atoms with Gasteiger partial charge in [0.15, 0.2) is 0 Å². The lowest BCUT2D eigenvalue weighted by atomic mass is 10.1. The highest BCUT2D eigenvalue weighted by Gasteiger charge is 2.28. The lowest BCUT2D eigenvalue weighted by Crippen LogP contribution is -2.27. The molecule has 0 aliphatic carbocycles. The van der Waals surface area contributed by atoms with Crippen molar-refractivity contribution >= 4 is 11.9 Å². The number of amides is 1. The topological polar surface area (TPSA) is 57.6 Å². The number of benzene rings is 1. The monoisotopic (exact) mass is 233 g/mol. The number of fused-ring (bicyclic) bond motifs is 1. The number of nitrogens with zero attached hydrogens (tertiary/aromatic N) is 1. The van der Waals surface area contributed by atoms with E-state index in [2.05, 4.69) is 13.8 Å². The molecule has 4 nitrogen and oxygen atoms in total. The molecule has 0 saturated carbocycles. The molecular weight excluding hydrogens is 218 g/mol. The Morgan fingerprint density at radius 3 is 2.76 bits per heavy atom. The molecule has 1 heterocycles. The molecule has 0 atom stereocenters. The fraction of sp³-hybridized carbons (Fsp3) is 0.385. The number of rotatable bonds is 3. The summed E-state index contributed by atoms with van der Waals surface area (Å²) in [4.78, 5) is 24.6.